The minimum absolute atomic E-state index is 0.00251. The van der Waals surface area contributed by atoms with Gasteiger partial charge in [0.15, 0.2) is 16.6 Å². The van der Waals surface area contributed by atoms with Gasteiger partial charge in [0.1, 0.15) is 5.57 Å². The van der Waals surface area contributed by atoms with E-state index in [9.17, 15) is 9.59 Å². The number of benzene rings is 1. The van der Waals surface area contributed by atoms with Gasteiger partial charge < -0.3 is 9.47 Å². The van der Waals surface area contributed by atoms with Crippen molar-refractivity contribution in [3.05, 3.63) is 28.3 Å². The van der Waals surface area contributed by atoms with Crippen molar-refractivity contribution in [2.45, 2.75) is 33.3 Å². The van der Waals surface area contributed by atoms with E-state index in [0.717, 1.165) is 6.42 Å². The van der Waals surface area contributed by atoms with Gasteiger partial charge in [0, 0.05) is 14.1 Å². The van der Waals surface area contributed by atoms with Crippen LogP contribution in [0.5, 0.6) is 11.5 Å². The van der Waals surface area contributed by atoms with Crippen LogP contribution < -0.4 is 9.47 Å². The smallest absolute Gasteiger partial charge is 0.265 e. The van der Waals surface area contributed by atoms with E-state index < -0.39 is 11.8 Å². The summed E-state index contributed by atoms with van der Waals surface area (Å²) in [5.41, 5.74) is 0.564. The molecule has 2 amide bonds. The molecule has 0 aliphatic carbocycles. The molecule has 1 aromatic carbocycles. The van der Waals surface area contributed by atoms with Crippen LogP contribution in [-0.4, -0.2) is 53.5 Å². The van der Waals surface area contributed by atoms with Crippen LogP contribution in [0.15, 0.2) is 17.7 Å². The summed E-state index contributed by atoms with van der Waals surface area (Å²) in [7, 11) is 3.06. The van der Waals surface area contributed by atoms with Gasteiger partial charge in [-0.15, -0.1) is 0 Å². The van der Waals surface area contributed by atoms with Crippen molar-refractivity contribution >= 4 is 46.8 Å². The third-order valence-corrected chi connectivity index (χ3v) is 5.01. The number of halogens is 1. The fourth-order valence-corrected chi connectivity index (χ4v) is 2.90. The van der Waals surface area contributed by atoms with Crippen LogP contribution in [0.3, 0.4) is 0 Å². The number of nitrogens with zero attached hydrogens (tertiary/aromatic N) is 2. The first-order valence-corrected chi connectivity index (χ1v) is 9.44. The van der Waals surface area contributed by atoms with Crippen molar-refractivity contribution in [3.8, 4) is 11.5 Å². The first-order valence-electron chi connectivity index (χ1n) is 8.65. The lowest BCUT2D eigenvalue weighted by Gasteiger charge is -2.31. The number of hydrogen-bond acceptors (Lipinski definition) is 5. The topological polar surface area (TPSA) is 59.1 Å². The number of hydrogen-bond donors (Lipinski definition) is 0. The molecule has 0 aromatic heterocycles. The molecule has 0 saturated carbocycles. The van der Waals surface area contributed by atoms with E-state index in [4.69, 9.17) is 33.3 Å². The van der Waals surface area contributed by atoms with E-state index in [-0.39, 0.29) is 16.8 Å². The van der Waals surface area contributed by atoms with E-state index in [2.05, 4.69) is 0 Å². The molecule has 1 atom stereocenters. The molecular weight excluding hydrogens is 388 g/mol. The maximum atomic E-state index is 12.5. The molecule has 1 aliphatic rings. The molecule has 1 aliphatic heterocycles. The Morgan fingerprint density at radius 1 is 1.19 bits per heavy atom. The fraction of sp³-hybridized carbons (Fsp3) is 0.421. The summed E-state index contributed by atoms with van der Waals surface area (Å²) in [6, 6.07) is 3.34. The van der Waals surface area contributed by atoms with Crippen molar-refractivity contribution in [1.29, 1.82) is 0 Å². The summed E-state index contributed by atoms with van der Waals surface area (Å²) in [4.78, 5) is 27.5. The van der Waals surface area contributed by atoms with Gasteiger partial charge in [-0.05, 0) is 56.3 Å². The highest BCUT2D eigenvalue weighted by Crippen LogP contribution is 2.38. The van der Waals surface area contributed by atoms with Gasteiger partial charge in [0.2, 0.25) is 0 Å². The number of likely N-dealkylation sites (N-methyl/N-ethyl adjacent to an activating group) is 2. The zero-order valence-corrected chi connectivity index (χ0v) is 17.6. The Bertz CT molecular complexity index is 783. The summed E-state index contributed by atoms with van der Waals surface area (Å²) in [5.74, 6) is -0.00829. The molecule has 146 valence electrons. The average Bonchev–Trinajstić information content (AvgIpc) is 2.64. The highest BCUT2D eigenvalue weighted by atomic mass is 35.5. The highest BCUT2D eigenvalue weighted by molar-refractivity contribution is 7.80. The maximum Gasteiger partial charge on any atom is 0.265 e. The van der Waals surface area contributed by atoms with Gasteiger partial charge in [-0.2, -0.15) is 0 Å². The fourth-order valence-electron chi connectivity index (χ4n) is 2.47. The van der Waals surface area contributed by atoms with Gasteiger partial charge in [0.25, 0.3) is 11.8 Å². The Labute approximate surface area is 169 Å². The largest absolute Gasteiger partial charge is 0.490 e. The van der Waals surface area contributed by atoms with E-state index in [0.29, 0.717) is 28.7 Å². The van der Waals surface area contributed by atoms with E-state index in [1.165, 1.54) is 30.0 Å². The lowest BCUT2D eigenvalue weighted by molar-refractivity contribution is -0.132. The molecule has 0 radical (unpaired) electrons. The standard InChI is InChI=1S/C19H23ClN2O4S/c1-6-11(3)26-16-14(20)9-12(10-15(16)25-7-2)8-13-17(23)21(4)19(27)22(5)18(13)24/h8-11H,6-7H2,1-5H3. The number of carbonyl (C=O) groups excluding carboxylic acids is 2. The van der Waals surface area contributed by atoms with Crippen molar-refractivity contribution in [2.75, 3.05) is 20.7 Å². The summed E-state index contributed by atoms with van der Waals surface area (Å²) in [5, 5.41) is 0.508. The first-order chi connectivity index (χ1) is 12.7. The molecular formula is C19H23ClN2O4S. The second-order valence-corrected chi connectivity index (χ2v) is 6.94. The molecule has 1 fully saturated rings. The number of ether oxygens (including phenoxy) is 2. The normalized spacial score (nSPS) is 15.9. The van der Waals surface area contributed by atoms with Crippen molar-refractivity contribution in [3.63, 3.8) is 0 Å². The van der Waals surface area contributed by atoms with Gasteiger partial charge >= 0.3 is 0 Å². The molecule has 0 spiro atoms. The summed E-state index contributed by atoms with van der Waals surface area (Å²) < 4.78 is 11.5. The number of rotatable bonds is 6. The van der Waals surface area contributed by atoms with Crippen LogP contribution >= 0.6 is 23.8 Å². The van der Waals surface area contributed by atoms with Crippen LogP contribution in [-0.2, 0) is 9.59 Å². The van der Waals surface area contributed by atoms with Gasteiger partial charge in [-0.25, -0.2) is 0 Å². The highest BCUT2D eigenvalue weighted by Gasteiger charge is 2.35. The average molecular weight is 411 g/mol. The zero-order valence-electron chi connectivity index (χ0n) is 16.0. The third-order valence-electron chi connectivity index (χ3n) is 4.18. The Morgan fingerprint density at radius 2 is 1.78 bits per heavy atom. The predicted molar refractivity (Wildman–Crippen MR) is 109 cm³/mol. The summed E-state index contributed by atoms with van der Waals surface area (Å²) in [6.07, 6.45) is 2.27. The lowest BCUT2D eigenvalue weighted by Crippen LogP contribution is -2.52. The van der Waals surface area contributed by atoms with Crippen LogP contribution in [0, 0.1) is 0 Å². The Morgan fingerprint density at radius 3 is 2.30 bits per heavy atom. The molecule has 0 bridgehead atoms. The molecule has 27 heavy (non-hydrogen) atoms. The quantitative estimate of drug-likeness (QED) is 0.408. The molecule has 1 unspecified atom stereocenters. The Balaban J connectivity index is 2.49. The van der Waals surface area contributed by atoms with Crippen molar-refractivity contribution < 1.29 is 19.1 Å². The molecule has 0 N–H and O–H groups in total. The minimum atomic E-state index is -0.461. The second kappa shape index (κ2) is 8.71. The van der Waals surface area contributed by atoms with Crippen LogP contribution in [0.25, 0.3) is 6.08 Å². The van der Waals surface area contributed by atoms with Crippen molar-refractivity contribution in [2.24, 2.45) is 0 Å². The van der Waals surface area contributed by atoms with E-state index in [1.54, 1.807) is 12.1 Å². The summed E-state index contributed by atoms with van der Waals surface area (Å²) >= 11 is 11.5. The molecule has 1 saturated heterocycles. The molecule has 1 aromatic rings. The van der Waals surface area contributed by atoms with Crippen LogP contribution in [0.4, 0.5) is 0 Å². The Hall–Kier alpha value is -2.12. The van der Waals surface area contributed by atoms with Gasteiger partial charge in [-0.1, -0.05) is 18.5 Å². The zero-order chi connectivity index (χ0) is 20.3. The number of carbonyl (C=O) groups is 2. The van der Waals surface area contributed by atoms with Gasteiger partial charge in [-0.3, -0.25) is 19.4 Å². The second-order valence-electron chi connectivity index (χ2n) is 6.17. The number of amides is 2. The maximum absolute atomic E-state index is 12.5. The monoisotopic (exact) mass is 410 g/mol. The molecule has 1 heterocycles. The number of thiocarbonyl (C=S) groups is 1. The minimum Gasteiger partial charge on any atom is -0.490 e. The van der Waals surface area contributed by atoms with Gasteiger partial charge in [0.05, 0.1) is 17.7 Å². The van der Waals surface area contributed by atoms with Crippen molar-refractivity contribution in [1.82, 2.24) is 9.80 Å². The SMILES string of the molecule is CCOc1cc(C=C2C(=O)N(C)C(=S)N(C)C2=O)cc(Cl)c1OC(C)CC. The van der Waals surface area contributed by atoms with E-state index in [1.807, 2.05) is 20.8 Å². The molecule has 8 heteroatoms. The molecule has 2 rings (SSSR count). The van der Waals surface area contributed by atoms with Crippen LogP contribution in [0.2, 0.25) is 5.02 Å². The third kappa shape index (κ3) is 4.42. The predicted octanol–water partition coefficient (Wildman–Crippen LogP) is 3.51. The van der Waals surface area contributed by atoms with E-state index >= 15 is 0 Å². The lowest BCUT2D eigenvalue weighted by atomic mass is 10.1. The van der Waals surface area contributed by atoms with Crippen LogP contribution in [0.1, 0.15) is 32.8 Å². The first kappa shape index (κ1) is 21.2. The Kier molecular flexibility index (Phi) is 6.84. The summed E-state index contributed by atoms with van der Waals surface area (Å²) in [6.45, 7) is 6.22. The molecule has 6 nitrogen and oxygen atoms in total.